The average molecular weight is 387 g/mol. The Morgan fingerprint density at radius 1 is 1.07 bits per heavy atom. The summed E-state index contributed by atoms with van der Waals surface area (Å²) in [5.41, 5.74) is -1.53. The van der Waals surface area contributed by atoms with Crippen LogP contribution in [0, 0.1) is 23.2 Å². The van der Waals surface area contributed by atoms with Gasteiger partial charge in [-0.1, -0.05) is 26.0 Å². The molecule has 1 saturated heterocycles. The second-order valence-electron chi connectivity index (χ2n) is 9.07. The highest BCUT2D eigenvalue weighted by atomic mass is 16.5. The van der Waals surface area contributed by atoms with Crippen LogP contribution in [-0.4, -0.2) is 42.1 Å². The van der Waals surface area contributed by atoms with Crippen LogP contribution in [0.3, 0.4) is 0 Å². The summed E-state index contributed by atoms with van der Waals surface area (Å²) in [4.78, 5) is 40.5. The molecule has 1 heterocycles. The molecule has 1 saturated carbocycles. The zero-order valence-corrected chi connectivity index (χ0v) is 16.9. The number of carbonyl (C=O) groups is 3. The molecule has 1 aliphatic carbocycles. The molecule has 28 heavy (non-hydrogen) atoms. The van der Waals surface area contributed by atoms with Crippen LogP contribution in [0.25, 0.3) is 0 Å². The van der Waals surface area contributed by atoms with Gasteiger partial charge in [-0.15, -0.1) is 0 Å². The van der Waals surface area contributed by atoms with Gasteiger partial charge in [-0.05, 0) is 50.2 Å². The van der Waals surface area contributed by atoms with Gasteiger partial charge >= 0.3 is 13.1 Å². The summed E-state index contributed by atoms with van der Waals surface area (Å²) in [7, 11) is -0.393. The minimum atomic E-state index is -1.71. The minimum absolute atomic E-state index is 0.201. The lowest BCUT2D eigenvalue weighted by atomic mass is 9.51. The first-order valence-electron chi connectivity index (χ1n) is 9.31. The third-order valence-electron chi connectivity index (χ3n) is 6.23. The van der Waals surface area contributed by atoms with Crippen LogP contribution < -0.4 is 10.4 Å². The quantitative estimate of drug-likeness (QED) is 0.454. The fourth-order valence-corrected chi connectivity index (χ4v) is 5.34. The van der Waals surface area contributed by atoms with E-state index in [4.69, 9.17) is 4.74 Å². The highest BCUT2D eigenvalue weighted by Crippen LogP contribution is 2.59. The molecule has 0 spiro atoms. The number of benzene rings is 1. The third kappa shape index (κ3) is 2.95. The van der Waals surface area contributed by atoms with Crippen molar-refractivity contribution in [3.8, 4) is 0 Å². The molecular formula is C20H26BNO6. The molecule has 1 aromatic carbocycles. The van der Waals surface area contributed by atoms with E-state index in [1.807, 2.05) is 0 Å². The summed E-state index contributed by atoms with van der Waals surface area (Å²) in [5, 5.41) is 19.0. The van der Waals surface area contributed by atoms with E-state index in [0.717, 1.165) is 0 Å². The normalized spacial score (nSPS) is 32.3. The summed E-state index contributed by atoms with van der Waals surface area (Å²) in [6.45, 7) is 7.08. The molecule has 8 heteroatoms. The van der Waals surface area contributed by atoms with Crippen LogP contribution >= 0.6 is 0 Å². The number of hydrogen-bond acceptors (Lipinski definition) is 6. The highest BCUT2D eigenvalue weighted by molar-refractivity contribution is 6.58. The lowest BCUT2D eigenvalue weighted by Gasteiger charge is -2.55. The first-order valence-corrected chi connectivity index (χ1v) is 9.31. The van der Waals surface area contributed by atoms with Crippen LogP contribution in [-0.2, 0) is 19.1 Å². The lowest BCUT2D eigenvalue weighted by Crippen LogP contribution is -2.64. The molecule has 2 N–H and O–H groups in total. The van der Waals surface area contributed by atoms with Gasteiger partial charge in [-0.25, -0.2) is 4.90 Å². The molecule has 0 radical (unpaired) electrons. The molecule has 1 aromatic rings. The number of hydrogen-bond donors (Lipinski definition) is 2. The van der Waals surface area contributed by atoms with Gasteiger partial charge in [0.25, 0.3) is 0 Å². The molecule has 1 unspecified atom stereocenters. The van der Waals surface area contributed by atoms with E-state index in [-0.39, 0.29) is 30.1 Å². The Kier molecular flexibility index (Phi) is 4.71. The standard InChI is InChI=1S/C20H26BNO6/c1-12-6-7-13(21(26)27)8-14(12)22-15(23)18(2)9-19(3,16(22)24)11-20(4,10-18)17(25)28-5/h6-8,26-27H,9-11H2,1-5H3/t18-,19+,20?. The Hall–Kier alpha value is -2.19. The Bertz CT molecular complexity index is 838. The maximum atomic E-state index is 13.5. The van der Waals surface area contributed by atoms with Crippen molar-refractivity contribution in [1.29, 1.82) is 0 Å². The summed E-state index contributed by atoms with van der Waals surface area (Å²) >= 11 is 0. The van der Waals surface area contributed by atoms with Crippen molar-refractivity contribution in [3.05, 3.63) is 23.8 Å². The number of esters is 1. The van der Waals surface area contributed by atoms with Gasteiger partial charge in [0.1, 0.15) is 0 Å². The lowest BCUT2D eigenvalue weighted by molar-refractivity contribution is -0.170. The number of fused-ring (bicyclic) bond motifs is 2. The predicted octanol–water partition coefficient (Wildman–Crippen LogP) is 0.924. The maximum absolute atomic E-state index is 13.5. The number of anilines is 1. The summed E-state index contributed by atoms with van der Waals surface area (Å²) in [6.07, 6.45) is 0.931. The summed E-state index contributed by atoms with van der Waals surface area (Å²) < 4.78 is 4.96. The minimum Gasteiger partial charge on any atom is -0.469 e. The predicted molar refractivity (Wildman–Crippen MR) is 104 cm³/mol. The second kappa shape index (κ2) is 6.42. The summed E-state index contributed by atoms with van der Waals surface area (Å²) in [5.74, 6) is -1.17. The largest absolute Gasteiger partial charge is 0.488 e. The van der Waals surface area contributed by atoms with Crippen molar-refractivity contribution < 1.29 is 29.2 Å². The maximum Gasteiger partial charge on any atom is 0.488 e. The number of aryl methyl sites for hydroxylation is 1. The van der Waals surface area contributed by atoms with E-state index in [9.17, 15) is 24.4 Å². The van der Waals surface area contributed by atoms with Crippen molar-refractivity contribution in [3.63, 3.8) is 0 Å². The molecule has 2 fully saturated rings. The number of nitrogens with zero attached hydrogens (tertiary/aromatic N) is 1. The fraction of sp³-hybridized carbons (Fsp3) is 0.550. The second-order valence-corrected chi connectivity index (χ2v) is 9.07. The SMILES string of the molecule is COC(=O)C1(C)C[C@@]2(C)C[C@@](C)(C1)C(=O)N(c1cc(B(O)O)ccc1C)C2=O. The van der Waals surface area contributed by atoms with Crippen LogP contribution in [0.15, 0.2) is 18.2 Å². The first-order chi connectivity index (χ1) is 12.9. The van der Waals surface area contributed by atoms with E-state index in [0.29, 0.717) is 17.7 Å². The molecule has 2 aliphatic rings. The van der Waals surface area contributed by atoms with E-state index in [2.05, 4.69) is 0 Å². The van der Waals surface area contributed by atoms with Gasteiger partial charge < -0.3 is 14.8 Å². The molecule has 2 amide bonds. The van der Waals surface area contributed by atoms with Crippen LogP contribution in [0.5, 0.6) is 0 Å². The van der Waals surface area contributed by atoms with Gasteiger partial charge in [0.05, 0.1) is 18.2 Å². The Balaban J connectivity index is 2.13. The van der Waals surface area contributed by atoms with Gasteiger partial charge in [0.15, 0.2) is 0 Å². The molecule has 7 nitrogen and oxygen atoms in total. The summed E-state index contributed by atoms with van der Waals surface area (Å²) in [6, 6.07) is 4.66. The smallest absolute Gasteiger partial charge is 0.469 e. The first kappa shape index (κ1) is 20.5. The van der Waals surface area contributed by atoms with E-state index < -0.39 is 29.3 Å². The van der Waals surface area contributed by atoms with Crippen LogP contribution in [0.1, 0.15) is 45.6 Å². The number of amides is 2. The third-order valence-corrected chi connectivity index (χ3v) is 6.23. The van der Waals surface area contributed by atoms with Crippen molar-refractivity contribution in [2.24, 2.45) is 16.2 Å². The number of ether oxygens (including phenoxy) is 1. The number of imide groups is 1. The van der Waals surface area contributed by atoms with E-state index >= 15 is 0 Å². The fourth-order valence-electron chi connectivity index (χ4n) is 5.34. The van der Waals surface area contributed by atoms with Crippen LogP contribution in [0.2, 0.25) is 0 Å². The zero-order chi connectivity index (χ0) is 21.1. The molecule has 1 aliphatic heterocycles. The van der Waals surface area contributed by atoms with Gasteiger partial charge in [0.2, 0.25) is 11.8 Å². The van der Waals surface area contributed by atoms with Crippen molar-refractivity contribution in [2.75, 3.05) is 12.0 Å². The zero-order valence-electron chi connectivity index (χ0n) is 16.9. The molecule has 3 atom stereocenters. The average Bonchev–Trinajstić information content (AvgIpc) is 2.60. The molecule has 2 bridgehead atoms. The van der Waals surface area contributed by atoms with Crippen molar-refractivity contribution >= 4 is 36.1 Å². The van der Waals surface area contributed by atoms with Gasteiger partial charge in [-0.3, -0.25) is 14.4 Å². The topological polar surface area (TPSA) is 104 Å². The highest BCUT2D eigenvalue weighted by Gasteiger charge is 2.64. The Morgan fingerprint density at radius 3 is 2.07 bits per heavy atom. The van der Waals surface area contributed by atoms with E-state index in [1.165, 1.54) is 18.1 Å². The number of methoxy groups -OCH3 is 1. The van der Waals surface area contributed by atoms with Crippen LogP contribution in [0.4, 0.5) is 5.69 Å². The monoisotopic (exact) mass is 387 g/mol. The molecule has 0 aromatic heterocycles. The Morgan fingerprint density at radius 2 is 1.61 bits per heavy atom. The Labute approximate surface area is 164 Å². The molecule has 150 valence electrons. The van der Waals surface area contributed by atoms with Gasteiger partial charge in [-0.2, -0.15) is 0 Å². The van der Waals surface area contributed by atoms with Crippen molar-refractivity contribution in [2.45, 2.75) is 47.0 Å². The number of piperidine rings is 1. The van der Waals surface area contributed by atoms with Crippen molar-refractivity contribution in [1.82, 2.24) is 0 Å². The van der Waals surface area contributed by atoms with Gasteiger partial charge in [0, 0.05) is 10.8 Å². The molecular weight excluding hydrogens is 361 g/mol. The number of rotatable bonds is 3. The molecule has 3 rings (SSSR count). The van der Waals surface area contributed by atoms with E-state index in [1.54, 1.807) is 39.8 Å². The number of carbonyl (C=O) groups excluding carboxylic acids is 3.